The lowest BCUT2D eigenvalue weighted by atomic mass is 9.86. The summed E-state index contributed by atoms with van der Waals surface area (Å²) in [6.45, 7) is 0. The molecule has 3 heteroatoms. The first-order chi connectivity index (χ1) is 10.8. The second kappa shape index (κ2) is 6.27. The highest BCUT2D eigenvalue weighted by Gasteiger charge is 2.46. The Bertz CT molecular complexity index is 509. The molecule has 22 heavy (non-hydrogen) atoms. The highest BCUT2D eigenvalue weighted by molar-refractivity contribution is 8.00. The number of fused-ring (bicyclic) bond motifs is 2. The van der Waals surface area contributed by atoms with Gasteiger partial charge in [-0.3, -0.25) is 4.79 Å². The van der Waals surface area contributed by atoms with E-state index in [4.69, 9.17) is 0 Å². The van der Waals surface area contributed by atoms with E-state index in [-0.39, 0.29) is 5.91 Å². The Hall–Kier alpha value is -0.960. The number of benzene rings is 1. The molecule has 0 N–H and O–H groups in total. The summed E-state index contributed by atoms with van der Waals surface area (Å²) in [7, 11) is 0. The van der Waals surface area contributed by atoms with Crippen molar-refractivity contribution in [3.05, 3.63) is 35.9 Å². The van der Waals surface area contributed by atoms with Gasteiger partial charge in [0.1, 0.15) is 0 Å². The van der Waals surface area contributed by atoms with Crippen molar-refractivity contribution in [1.29, 1.82) is 0 Å². The highest BCUT2D eigenvalue weighted by Crippen LogP contribution is 2.46. The first kappa shape index (κ1) is 14.6. The van der Waals surface area contributed by atoms with Crippen LogP contribution in [0.2, 0.25) is 0 Å². The topological polar surface area (TPSA) is 20.3 Å². The molecule has 0 aromatic heterocycles. The Morgan fingerprint density at radius 1 is 0.864 bits per heavy atom. The Morgan fingerprint density at radius 3 is 2.00 bits per heavy atom. The van der Waals surface area contributed by atoms with Crippen LogP contribution in [0.5, 0.6) is 0 Å². The molecule has 4 atom stereocenters. The van der Waals surface area contributed by atoms with E-state index in [0.717, 1.165) is 5.56 Å². The third-order valence-electron chi connectivity index (χ3n) is 5.65. The molecule has 0 unspecified atom stereocenters. The predicted octanol–water partition coefficient (Wildman–Crippen LogP) is 4.50. The fraction of sp³-hybridized carbons (Fsp3) is 0.632. The lowest BCUT2D eigenvalue weighted by molar-refractivity contribution is 0.0437. The first-order valence-corrected chi connectivity index (χ1v) is 9.82. The maximum Gasteiger partial charge on any atom is 0.254 e. The van der Waals surface area contributed by atoms with Gasteiger partial charge in [-0.1, -0.05) is 43.9 Å². The van der Waals surface area contributed by atoms with Crippen molar-refractivity contribution < 1.29 is 4.79 Å². The highest BCUT2D eigenvalue weighted by atomic mass is 32.2. The molecule has 1 amide bonds. The van der Waals surface area contributed by atoms with Gasteiger partial charge < -0.3 is 4.90 Å². The molecule has 2 saturated carbocycles. The molecule has 0 bridgehead atoms. The minimum atomic E-state index is 0.287. The van der Waals surface area contributed by atoms with Crippen LogP contribution in [0.25, 0.3) is 0 Å². The average Bonchev–Trinajstić information content (AvgIpc) is 2.60. The summed E-state index contributed by atoms with van der Waals surface area (Å²) in [4.78, 5) is 15.6. The van der Waals surface area contributed by atoms with E-state index in [2.05, 4.69) is 16.7 Å². The largest absolute Gasteiger partial charge is 0.330 e. The van der Waals surface area contributed by atoms with Gasteiger partial charge in [0.25, 0.3) is 5.91 Å². The summed E-state index contributed by atoms with van der Waals surface area (Å²) in [6.07, 6.45) is 10.3. The zero-order valence-corrected chi connectivity index (χ0v) is 13.9. The molecule has 4 rings (SSSR count). The molecule has 1 aromatic rings. The van der Waals surface area contributed by atoms with Gasteiger partial charge in [0.2, 0.25) is 0 Å². The standard InChI is InChI=1S/C19H25NOS/c21-19(14-8-2-1-3-9-14)20-15-10-4-6-12-17(15)22-18-13-7-5-11-16(18)20/h1-3,8-9,15-18H,4-7,10-13H2/t15-,16+,17-,18+. The predicted molar refractivity (Wildman–Crippen MR) is 92.3 cm³/mol. The fourth-order valence-corrected chi connectivity index (χ4v) is 6.56. The van der Waals surface area contributed by atoms with Crippen molar-refractivity contribution >= 4 is 17.7 Å². The van der Waals surface area contributed by atoms with Crippen LogP contribution in [0.3, 0.4) is 0 Å². The first-order valence-electron chi connectivity index (χ1n) is 8.88. The minimum Gasteiger partial charge on any atom is -0.330 e. The van der Waals surface area contributed by atoms with Gasteiger partial charge in [-0.25, -0.2) is 0 Å². The lowest BCUT2D eigenvalue weighted by Gasteiger charge is -2.53. The van der Waals surface area contributed by atoms with Crippen LogP contribution in [0.1, 0.15) is 61.7 Å². The van der Waals surface area contributed by atoms with Crippen molar-refractivity contribution in [2.75, 3.05) is 0 Å². The normalized spacial score (nSPS) is 34.6. The summed E-state index contributed by atoms with van der Waals surface area (Å²) >= 11 is 2.22. The van der Waals surface area contributed by atoms with E-state index in [1.807, 2.05) is 30.3 Å². The number of nitrogens with zero attached hydrogens (tertiary/aromatic N) is 1. The minimum absolute atomic E-state index is 0.287. The van der Waals surface area contributed by atoms with Crippen molar-refractivity contribution in [2.24, 2.45) is 0 Å². The number of thioether (sulfide) groups is 1. The number of hydrogen-bond donors (Lipinski definition) is 0. The van der Waals surface area contributed by atoms with Crippen LogP contribution in [-0.4, -0.2) is 33.4 Å². The molecule has 1 saturated heterocycles. The number of hydrogen-bond acceptors (Lipinski definition) is 2. The van der Waals surface area contributed by atoms with Crippen LogP contribution in [0.4, 0.5) is 0 Å². The fourth-order valence-electron chi connectivity index (χ4n) is 4.61. The van der Waals surface area contributed by atoms with Gasteiger partial charge in [0.05, 0.1) is 0 Å². The van der Waals surface area contributed by atoms with Crippen molar-refractivity contribution in [3.8, 4) is 0 Å². The maximum atomic E-state index is 13.2. The van der Waals surface area contributed by atoms with Crippen LogP contribution in [0, 0.1) is 0 Å². The monoisotopic (exact) mass is 315 g/mol. The molecule has 2 aliphatic carbocycles. The summed E-state index contributed by atoms with van der Waals surface area (Å²) in [5.41, 5.74) is 0.878. The molecule has 1 aliphatic heterocycles. The lowest BCUT2D eigenvalue weighted by Crippen LogP contribution is -2.60. The Balaban J connectivity index is 1.67. The van der Waals surface area contributed by atoms with E-state index in [9.17, 15) is 4.79 Å². The average molecular weight is 315 g/mol. The molecule has 118 valence electrons. The van der Waals surface area contributed by atoms with Crippen molar-refractivity contribution in [1.82, 2.24) is 4.90 Å². The van der Waals surface area contributed by atoms with E-state index in [0.29, 0.717) is 22.6 Å². The van der Waals surface area contributed by atoms with Gasteiger partial charge in [0, 0.05) is 28.1 Å². The van der Waals surface area contributed by atoms with E-state index < -0.39 is 0 Å². The Kier molecular flexibility index (Phi) is 4.17. The molecule has 1 heterocycles. The summed E-state index contributed by atoms with van der Waals surface area (Å²) < 4.78 is 0. The van der Waals surface area contributed by atoms with Crippen LogP contribution < -0.4 is 0 Å². The zero-order chi connectivity index (χ0) is 14.9. The number of carbonyl (C=O) groups excluding carboxylic acids is 1. The van der Waals surface area contributed by atoms with Crippen LogP contribution in [0.15, 0.2) is 30.3 Å². The molecular formula is C19H25NOS. The van der Waals surface area contributed by atoms with Gasteiger partial charge in [-0.15, -0.1) is 0 Å². The SMILES string of the molecule is O=C(c1ccccc1)N1[C@@H]2CCCC[C@H]2S[C@H]2CCCC[C@@H]21. The maximum absolute atomic E-state index is 13.2. The van der Waals surface area contributed by atoms with E-state index in [1.165, 1.54) is 51.4 Å². The zero-order valence-electron chi connectivity index (χ0n) is 13.1. The third-order valence-corrected chi connectivity index (χ3v) is 7.45. The molecule has 1 aromatic carbocycles. The quantitative estimate of drug-likeness (QED) is 0.760. The molecule has 0 spiro atoms. The van der Waals surface area contributed by atoms with E-state index >= 15 is 0 Å². The summed E-state index contributed by atoms with van der Waals surface area (Å²) in [6, 6.07) is 10.9. The number of amides is 1. The molecule has 3 aliphatic rings. The Labute approximate surface area is 137 Å². The number of rotatable bonds is 1. The smallest absolute Gasteiger partial charge is 0.254 e. The second-order valence-corrected chi connectivity index (χ2v) is 8.48. The van der Waals surface area contributed by atoms with Gasteiger partial charge in [-0.05, 0) is 37.8 Å². The van der Waals surface area contributed by atoms with Gasteiger partial charge in [-0.2, -0.15) is 11.8 Å². The van der Waals surface area contributed by atoms with E-state index in [1.54, 1.807) is 0 Å². The van der Waals surface area contributed by atoms with Crippen LogP contribution in [-0.2, 0) is 0 Å². The van der Waals surface area contributed by atoms with Crippen LogP contribution >= 0.6 is 11.8 Å². The number of carbonyl (C=O) groups is 1. The molecular weight excluding hydrogens is 290 g/mol. The van der Waals surface area contributed by atoms with Crippen molar-refractivity contribution in [3.63, 3.8) is 0 Å². The molecule has 0 radical (unpaired) electrons. The Morgan fingerprint density at radius 2 is 1.41 bits per heavy atom. The molecule has 3 fully saturated rings. The van der Waals surface area contributed by atoms with Gasteiger partial charge in [0.15, 0.2) is 0 Å². The second-order valence-electron chi connectivity index (χ2n) is 7.00. The molecule has 2 nitrogen and oxygen atoms in total. The summed E-state index contributed by atoms with van der Waals surface area (Å²) in [5.74, 6) is 0.287. The summed E-state index contributed by atoms with van der Waals surface area (Å²) in [5, 5.41) is 1.36. The van der Waals surface area contributed by atoms with Crippen molar-refractivity contribution in [2.45, 2.75) is 74.0 Å². The third kappa shape index (κ3) is 2.58. The van der Waals surface area contributed by atoms with Gasteiger partial charge >= 0.3 is 0 Å².